The minimum Gasteiger partial charge on any atom is -0.468 e. The molecule has 1 aliphatic heterocycles. The van der Waals surface area contributed by atoms with Crippen LogP contribution in [0, 0.1) is 0 Å². The largest absolute Gasteiger partial charge is 0.468 e. The Hall–Kier alpha value is -3.94. The van der Waals surface area contributed by atoms with Gasteiger partial charge in [-0.15, -0.1) is 0 Å². The number of nitrogens with one attached hydrogen (secondary N) is 1. The molecule has 40 heavy (non-hydrogen) atoms. The fourth-order valence-corrected chi connectivity index (χ4v) is 5.71. The molecule has 1 fully saturated rings. The van der Waals surface area contributed by atoms with E-state index in [0.717, 1.165) is 31.5 Å². The van der Waals surface area contributed by atoms with Crippen LogP contribution in [0.15, 0.2) is 91.3 Å². The Balaban J connectivity index is 1.37. The van der Waals surface area contributed by atoms with Crippen molar-refractivity contribution in [2.75, 3.05) is 26.7 Å². The van der Waals surface area contributed by atoms with E-state index in [1.807, 2.05) is 28.8 Å². The third-order valence-corrected chi connectivity index (χ3v) is 8.00. The Labute approximate surface area is 239 Å². The van der Waals surface area contributed by atoms with Gasteiger partial charge in [0, 0.05) is 23.5 Å². The fourth-order valence-electron chi connectivity index (χ4n) is 5.58. The average molecular weight is 557 g/mol. The number of nitrogens with zero attached hydrogens (tertiary/aromatic N) is 3. The number of likely N-dealkylation sites (tertiary alicyclic amines) is 1. The molecule has 0 radical (unpaired) electrons. The second kappa shape index (κ2) is 12.5. The molecule has 0 unspecified atom stereocenters. The van der Waals surface area contributed by atoms with E-state index in [0.29, 0.717) is 29.5 Å². The summed E-state index contributed by atoms with van der Waals surface area (Å²) in [5, 5.41) is 3.34. The molecule has 7 nitrogen and oxygen atoms in total. The number of hydrogen-bond acceptors (Lipinski definition) is 5. The molecule has 4 aromatic rings. The molecule has 8 heteroatoms. The summed E-state index contributed by atoms with van der Waals surface area (Å²) in [5.41, 5.74) is 4.72. The zero-order valence-electron chi connectivity index (χ0n) is 22.6. The molecule has 1 aliphatic rings. The highest BCUT2D eigenvalue weighted by molar-refractivity contribution is 6.30. The first-order valence-electron chi connectivity index (χ1n) is 13.5. The normalized spacial score (nSPS) is 14.9. The van der Waals surface area contributed by atoms with Crippen LogP contribution in [0.25, 0.3) is 0 Å². The Kier molecular flexibility index (Phi) is 8.63. The van der Waals surface area contributed by atoms with E-state index in [4.69, 9.17) is 16.3 Å². The Morgan fingerprint density at radius 2 is 1.50 bits per heavy atom. The summed E-state index contributed by atoms with van der Waals surface area (Å²) < 4.78 is 6.53. The maximum atomic E-state index is 13.3. The van der Waals surface area contributed by atoms with Crippen molar-refractivity contribution in [3.8, 4) is 0 Å². The van der Waals surface area contributed by atoms with Gasteiger partial charge >= 0.3 is 5.97 Å². The molecule has 3 aromatic carbocycles. The SMILES string of the molecule is COC(=O)CNC(=O)c1c(CN2CCC(c3ccccc3)(c3ccccc3)CC2)ncn1Cc1ccc(Cl)cc1. The van der Waals surface area contributed by atoms with E-state index in [1.54, 1.807) is 6.33 Å². The summed E-state index contributed by atoms with van der Waals surface area (Å²) in [7, 11) is 1.30. The number of carbonyl (C=O) groups excluding carboxylic acids is 2. The molecular formula is C32H33ClN4O3. The first-order chi connectivity index (χ1) is 19.5. The van der Waals surface area contributed by atoms with Crippen LogP contribution < -0.4 is 5.32 Å². The minimum absolute atomic E-state index is 0.0618. The van der Waals surface area contributed by atoms with E-state index in [2.05, 4.69) is 75.9 Å². The molecule has 0 aliphatic carbocycles. The molecule has 0 spiro atoms. The molecular weight excluding hydrogens is 524 g/mol. The first-order valence-corrected chi connectivity index (χ1v) is 13.8. The molecule has 206 valence electrons. The predicted octanol–water partition coefficient (Wildman–Crippen LogP) is 5.07. The minimum atomic E-state index is -0.507. The van der Waals surface area contributed by atoms with Gasteiger partial charge in [0.25, 0.3) is 5.91 Å². The molecule has 1 saturated heterocycles. The second-order valence-electron chi connectivity index (χ2n) is 10.1. The average Bonchev–Trinajstić information content (AvgIpc) is 3.39. The van der Waals surface area contributed by atoms with Crippen molar-refractivity contribution >= 4 is 23.5 Å². The number of halogens is 1. The van der Waals surface area contributed by atoms with Crippen molar-refractivity contribution < 1.29 is 14.3 Å². The van der Waals surface area contributed by atoms with Crippen molar-refractivity contribution in [1.82, 2.24) is 19.8 Å². The Morgan fingerprint density at radius 1 is 0.900 bits per heavy atom. The third kappa shape index (κ3) is 6.11. The van der Waals surface area contributed by atoms with Gasteiger partial charge in [-0.25, -0.2) is 4.98 Å². The van der Waals surface area contributed by atoms with E-state index in [1.165, 1.54) is 18.2 Å². The zero-order chi connectivity index (χ0) is 28.0. The number of rotatable bonds is 9. The standard InChI is InChI=1S/C32H33ClN4O3/c1-40-29(38)20-34-31(39)30-28(35-23-37(30)21-24-12-14-27(33)15-13-24)22-36-18-16-32(17-19-36,25-8-4-2-5-9-25)26-10-6-3-7-11-26/h2-15,23H,16-22H2,1H3,(H,34,39). The number of hydrogen-bond donors (Lipinski definition) is 1. The smallest absolute Gasteiger partial charge is 0.325 e. The van der Waals surface area contributed by atoms with E-state index < -0.39 is 5.97 Å². The number of amides is 1. The van der Waals surface area contributed by atoms with E-state index in [9.17, 15) is 9.59 Å². The number of carbonyl (C=O) groups is 2. The van der Waals surface area contributed by atoms with Gasteiger partial charge < -0.3 is 14.6 Å². The lowest BCUT2D eigenvalue weighted by Crippen LogP contribution is -2.43. The van der Waals surface area contributed by atoms with Crippen molar-refractivity contribution in [2.45, 2.75) is 31.3 Å². The van der Waals surface area contributed by atoms with Crippen LogP contribution in [0.1, 0.15) is 45.7 Å². The van der Waals surface area contributed by atoms with Crippen LogP contribution in [0.4, 0.5) is 0 Å². The van der Waals surface area contributed by atoms with Gasteiger partial charge in [0.2, 0.25) is 0 Å². The van der Waals surface area contributed by atoms with Crippen molar-refractivity contribution in [3.63, 3.8) is 0 Å². The number of methoxy groups -OCH3 is 1. The summed E-state index contributed by atoms with van der Waals surface area (Å²) in [6, 6.07) is 29.0. The monoisotopic (exact) mass is 556 g/mol. The lowest BCUT2D eigenvalue weighted by molar-refractivity contribution is -0.139. The molecule has 5 rings (SSSR count). The summed E-state index contributed by atoms with van der Waals surface area (Å²) in [5.74, 6) is -0.861. The maximum Gasteiger partial charge on any atom is 0.325 e. The van der Waals surface area contributed by atoms with Gasteiger partial charge in [0.05, 0.1) is 19.1 Å². The lowest BCUT2D eigenvalue weighted by atomic mass is 9.68. The summed E-state index contributed by atoms with van der Waals surface area (Å²) in [6.45, 7) is 2.50. The molecule has 0 bridgehead atoms. The predicted molar refractivity (Wildman–Crippen MR) is 155 cm³/mol. The molecule has 0 atom stereocenters. The summed E-state index contributed by atoms with van der Waals surface area (Å²) in [6.07, 6.45) is 3.60. The Bertz CT molecular complexity index is 1390. The van der Waals surface area contributed by atoms with Crippen LogP contribution in [0.2, 0.25) is 5.02 Å². The number of benzene rings is 3. The molecule has 2 heterocycles. The van der Waals surface area contributed by atoms with Gasteiger partial charge in [-0.1, -0.05) is 84.4 Å². The van der Waals surface area contributed by atoms with Crippen molar-refractivity contribution in [3.05, 3.63) is 124 Å². The second-order valence-corrected chi connectivity index (χ2v) is 10.6. The molecule has 0 saturated carbocycles. The van der Waals surface area contributed by atoms with Gasteiger partial charge in [0.1, 0.15) is 12.2 Å². The highest BCUT2D eigenvalue weighted by Gasteiger charge is 2.38. The maximum absolute atomic E-state index is 13.3. The number of imidazole rings is 1. The highest BCUT2D eigenvalue weighted by atomic mass is 35.5. The van der Waals surface area contributed by atoms with Crippen LogP contribution >= 0.6 is 11.6 Å². The van der Waals surface area contributed by atoms with E-state index >= 15 is 0 Å². The first kappa shape index (κ1) is 27.6. The van der Waals surface area contributed by atoms with Gasteiger partial charge in [0.15, 0.2) is 0 Å². The van der Waals surface area contributed by atoms with Crippen LogP contribution in [0.5, 0.6) is 0 Å². The van der Waals surface area contributed by atoms with Crippen LogP contribution in [-0.2, 0) is 28.0 Å². The van der Waals surface area contributed by atoms with Crippen LogP contribution in [0.3, 0.4) is 0 Å². The summed E-state index contributed by atoms with van der Waals surface area (Å²) in [4.78, 5) is 32.0. The third-order valence-electron chi connectivity index (χ3n) is 7.75. The van der Waals surface area contributed by atoms with Gasteiger partial charge in [-0.05, 0) is 54.8 Å². The topological polar surface area (TPSA) is 76.5 Å². The Morgan fingerprint density at radius 3 is 2.08 bits per heavy atom. The number of ether oxygens (including phenoxy) is 1. The van der Waals surface area contributed by atoms with Crippen LogP contribution in [-0.4, -0.2) is 53.1 Å². The number of esters is 1. The van der Waals surface area contributed by atoms with Crippen molar-refractivity contribution in [2.24, 2.45) is 0 Å². The summed E-state index contributed by atoms with van der Waals surface area (Å²) >= 11 is 6.06. The highest BCUT2D eigenvalue weighted by Crippen LogP contribution is 2.41. The van der Waals surface area contributed by atoms with Crippen molar-refractivity contribution in [1.29, 1.82) is 0 Å². The van der Waals surface area contributed by atoms with Gasteiger partial charge in [-0.3, -0.25) is 14.5 Å². The fraction of sp³-hybridized carbons (Fsp3) is 0.281. The quantitative estimate of drug-likeness (QED) is 0.291. The lowest BCUT2D eigenvalue weighted by Gasteiger charge is -2.43. The molecule has 1 aromatic heterocycles. The number of aromatic nitrogens is 2. The molecule has 1 amide bonds. The zero-order valence-corrected chi connectivity index (χ0v) is 23.3. The number of piperidine rings is 1. The molecule has 1 N–H and O–H groups in total. The van der Waals surface area contributed by atoms with Gasteiger partial charge in [-0.2, -0.15) is 0 Å². The van der Waals surface area contributed by atoms with E-state index in [-0.39, 0.29) is 17.9 Å².